The number of rotatable bonds is 15. The van der Waals surface area contributed by atoms with Crippen LogP contribution in [0, 0.1) is 0 Å². The second-order valence-electron chi connectivity index (χ2n) is 8.31. The Hall–Kier alpha value is -1.94. The van der Waals surface area contributed by atoms with Crippen molar-refractivity contribution in [1.82, 2.24) is 0 Å². The summed E-state index contributed by atoms with van der Waals surface area (Å²) in [7, 11) is 1.41. The van der Waals surface area contributed by atoms with E-state index in [0.29, 0.717) is 12.8 Å². The lowest BCUT2D eigenvalue weighted by Crippen LogP contribution is -2.30. The second-order valence-corrected chi connectivity index (χ2v) is 9.08. The van der Waals surface area contributed by atoms with Crippen molar-refractivity contribution in [2.75, 3.05) is 13.7 Å². The van der Waals surface area contributed by atoms with Crippen LogP contribution in [-0.4, -0.2) is 41.0 Å². The topological polar surface area (TPSA) is 108 Å². The van der Waals surface area contributed by atoms with Crippen LogP contribution in [0.1, 0.15) is 77.2 Å². The van der Waals surface area contributed by atoms with Crippen molar-refractivity contribution in [3.63, 3.8) is 0 Å². The van der Waals surface area contributed by atoms with Gasteiger partial charge in [-0.2, -0.15) is 8.91 Å². The molecule has 32 heavy (non-hydrogen) atoms. The standard InChI is InChI=1S/C23H33NO7S/c1-17-23(2,14-8-4-7-11-22(27)29-3)19-16-18(32-31-30-28)12-13-20(19)24(17)15-9-5-6-10-21(25)26/h12-13,16H,4-11,14-15H2,1-3H3,(H-,25,26,28). The first-order chi connectivity index (χ1) is 15.3. The molecule has 1 aromatic carbocycles. The predicted octanol–water partition coefficient (Wildman–Crippen LogP) is 4.06. The van der Waals surface area contributed by atoms with Gasteiger partial charge in [0.1, 0.15) is 6.54 Å². The minimum absolute atomic E-state index is 0.179. The number of benzene rings is 1. The molecule has 0 bridgehead atoms. The Kier molecular flexibility index (Phi) is 10.6. The van der Waals surface area contributed by atoms with E-state index >= 15 is 0 Å². The summed E-state index contributed by atoms with van der Waals surface area (Å²) >= 11 is 0.885. The molecule has 0 saturated carbocycles. The van der Waals surface area contributed by atoms with Gasteiger partial charge in [0, 0.05) is 42.7 Å². The monoisotopic (exact) mass is 467 g/mol. The van der Waals surface area contributed by atoms with Crippen molar-refractivity contribution in [2.24, 2.45) is 0 Å². The van der Waals surface area contributed by atoms with E-state index in [2.05, 4.69) is 27.8 Å². The van der Waals surface area contributed by atoms with Crippen molar-refractivity contribution >= 4 is 35.4 Å². The molecular formula is C23H33NO7S. The number of fused-ring (bicyclic) bond motifs is 1. The molecule has 9 heteroatoms. The quantitative estimate of drug-likeness (QED) is 0.103. The summed E-state index contributed by atoms with van der Waals surface area (Å²) in [5.41, 5.74) is 3.37. The number of hydrogen-bond donors (Lipinski definition) is 1. The van der Waals surface area contributed by atoms with Gasteiger partial charge in [-0.05, 0) is 44.7 Å². The lowest BCUT2D eigenvalue weighted by atomic mass is 9.76. The molecule has 0 fully saturated rings. The van der Waals surface area contributed by atoms with Crippen LogP contribution < -0.4 is 5.26 Å². The van der Waals surface area contributed by atoms with Gasteiger partial charge < -0.3 is 15.1 Å². The van der Waals surface area contributed by atoms with E-state index in [1.807, 2.05) is 18.2 Å². The average molecular weight is 468 g/mol. The van der Waals surface area contributed by atoms with Crippen molar-refractivity contribution in [2.45, 2.75) is 81.9 Å². The Morgan fingerprint density at radius 2 is 1.84 bits per heavy atom. The number of carboxylic acids is 1. The van der Waals surface area contributed by atoms with Gasteiger partial charge in [-0.25, -0.2) is 0 Å². The summed E-state index contributed by atoms with van der Waals surface area (Å²) in [4.78, 5) is 22.9. The largest absolute Gasteiger partial charge is 0.691 e. The van der Waals surface area contributed by atoms with E-state index in [1.165, 1.54) is 18.4 Å². The number of carbonyl (C=O) groups is 2. The fourth-order valence-electron chi connectivity index (χ4n) is 4.32. The highest BCUT2D eigenvalue weighted by molar-refractivity contribution is 7.94. The summed E-state index contributed by atoms with van der Waals surface area (Å²) < 4.78 is 11.5. The predicted molar refractivity (Wildman–Crippen MR) is 118 cm³/mol. The molecule has 0 amide bonds. The third-order valence-corrected chi connectivity index (χ3v) is 6.84. The number of nitrogens with zero attached hydrogens (tertiary/aromatic N) is 1. The molecule has 178 valence electrons. The van der Waals surface area contributed by atoms with Gasteiger partial charge in [0.25, 0.3) is 0 Å². The Labute approximate surface area is 193 Å². The first-order valence-electron chi connectivity index (χ1n) is 11.0. The van der Waals surface area contributed by atoms with E-state index in [0.717, 1.165) is 67.7 Å². The van der Waals surface area contributed by atoms with Crippen LogP contribution in [0.15, 0.2) is 23.1 Å². The normalized spacial score (nSPS) is 17.5. The molecule has 1 aromatic rings. The van der Waals surface area contributed by atoms with Crippen LogP contribution in [0.2, 0.25) is 0 Å². The molecule has 1 unspecified atom stereocenters. The molecule has 2 rings (SSSR count). The van der Waals surface area contributed by atoms with Gasteiger partial charge in [0.05, 0.1) is 24.6 Å². The van der Waals surface area contributed by atoms with Crippen molar-refractivity contribution in [1.29, 1.82) is 0 Å². The molecule has 1 N–H and O–H groups in total. The number of carbonyl (C=O) groups excluding carboxylic acids is 1. The molecule has 0 radical (unpaired) electrons. The number of methoxy groups -OCH3 is 1. The third-order valence-electron chi connectivity index (χ3n) is 6.27. The van der Waals surface area contributed by atoms with Crippen molar-refractivity contribution in [3.05, 3.63) is 23.8 Å². The lowest BCUT2D eigenvalue weighted by molar-refractivity contribution is -0.777. The van der Waals surface area contributed by atoms with Crippen molar-refractivity contribution < 1.29 is 38.6 Å². The van der Waals surface area contributed by atoms with Crippen LogP contribution in [0.25, 0.3) is 0 Å². The van der Waals surface area contributed by atoms with Gasteiger partial charge in [0.15, 0.2) is 5.71 Å². The van der Waals surface area contributed by atoms with Gasteiger partial charge >= 0.3 is 11.9 Å². The molecule has 1 heterocycles. The SMILES string of the molecule is COC(=O)CCCCCC1(C)C(C)=[N+](CCCCCC(=O)O)c2ccc(SOO[O-])cc21. The fourth-order valence-corrected chi connectivity index (χ4v) is 4.72. The highest BCUT2D eigenvalue weighted by Crippen LogP contribution is 2.44. The lowest BCUT2D eigenvalue weighted by Gasteiger charge is -2.22. The minimum Gasteiger partial charge on any atom is -0.691 e. The summed E-state index contributed by atoms with van der Waals surface area (Å²) in [5, 5.41) is 22.6. The smallest absolute Gasteiger partial charge is 0.305 e. The maximum Gasteiger partial charge on any atom is 0.305 e. The molecular weight excluding hydrogens is 434 g/mol. The zero-order valence-corrected chi connectivity index (χ0v) is 19.9. The highest BCUT2D eigenvalue weighted by atomic mass is 32.2. The first-order valence-corrected chi connectivity index (χ1v) is 11.8. The second kappa shape index (κ2) is 12.9. The minimum atomic E-state index is -0.756. The van der Waals surface area contributed by atoms with E-state index in [-0.39, 0.29) is 17.8 Å². The third kappa shape index (κ3) is 7.03. The van der Waals surface area contributed by atoms with Crippen LogP contribution in [0.5, 0.6) is 0 Å². The highest BCUT2D eigenvalue weighted by Gasteiger charge is 2.45. The Morgan fingerprint density at radius 1 is 1.12 bits per heavy atom. The molecule has 0 aliphatic carbocycles. The first kappa shape index (κ1) is 26.3. The molecule has 1 aliphatic heterocycles. The molecule has 0 spiro atoms. The zero-order valence-electron chi connectivity index (χ0n) is 19.1. The van der Waals surface area contributed by atoms with E-state index in [4.69, 9.17) is 9.84 Å². The Balaban J connectivity index is 2.13. The molecule has 1 atom stereocenters. The number of hydrogen-bond acceptors (Lipinski definition) is 7. The van der Waals surface area contributed by atoms with Gasteiger partial charge in [-0.1, -0.05) is 12.8 Å². The van der Waals surface area contributed by atoms with Crippen LogP contribution >= 0.6 is 12.0 Å². The number of aliphatic carboxylic acids is 1. The molecule has 1 aliphatic rings. The molecule has 8 nitrogen and oxygen atoms in total. The summed E-state index contributed by atoms with van der Waals surface area (Å²) in [6.07, 6.45) is 6.70. The Morgan fingerprint density at radius 3 is 2.53 bits per heavy atom. The number of unbranched alkanes of at least 4 members (excludes halogenated alkanes) is 4. The number of carboxylic acid groups (broad SMARTS) is 1. The zero-order chi connectivity index (χ0) is 23.6. The van der Waals surface area contributed by atoms with Gasteiger partial charge in [0.2, 0.25) is 5.69 Å². The van der Waals surface area contributed by atoms with Gasteiger partial charge in [-0.15, -0.1) is 0 Å². The fraction of sp³-hybridized carbons (Fsp3) is 0.609. The maximum atomic E-state index is 11.3. The van der Waals surface area contributed by atoms with Crippen LogP contribution in [0.4, 0.5) is 5.69 Å². The van der Waals surface area contributed by atoms with E-state index in [9.17, 15) is 14.8 Å². The summed E-state index contributed by atoms with van der Waals surface area (Å²) in [6, 6.07) is 5.98. The van der Waals surface area contributed by atoms with Crippen molar-refractivity contribution in [3.8, 4) is 0 Å². The number of ether oxygens (including phenoxy) is 1. The molecule has 0 saturated heterocycles. The molecule has 0 aromatic heterocycles. The van der Waals surface area contributed by atoms with E-state index in [1.54, 1.807) is 0 Å². The Bertz CT molecular complexity index is 827. The van der Waals surface area contributed by atoms with E-state index < -0.39 is 5.97 Å². The van der Waals surface area contributed by atoms with Crippen LogP contribution in [0.3, 0.4) is 0 Å². The summed E-state index contributed by atoms with van der Waals surface area (Å²) in [6.45, 7) is 5.20. The van der Waals surface area contributed by atoms with Gasteiger partial charge in [-0.3, -0.25) is 14.6 Å². The number of esters is 1. The summed E-state index contributed by atoms with van der Waals surface area (Å²) in [5.74, 6) is -0.935. The average Bonchev–Trinajstić information content (AvgIpc) is 2.98. The maximum absolute atomic E-state index is 11.3. The van der Waals surface area contributed by atoms with Crippen LogP contribution in [-0.2, 0) is 29.1 Å².